The number of rotatable bonds is 15. The van der Waals surface area contributed by atoms with Crippen molar-refractivity contribution in [3.63, 3.8) is 0 Å². The minimum absolute atomic E-state index is 0.108. The Bertz CT molecular complexity index is 2300. The van der Waals surface area contributed by atoms with Crippen LogP contribution in [0, 0.1) is 6.92 Å². The van der Waals surface area contributed by atoms with E-state index < -0.39 is 29.7 Å². The number of carbonyl (C=O) groups excluding carboxylic acids is 4. The number of hydrogen-bond donors (Lipinski definition) is 5. The number of nitrogens with one attached hydrogen (secondary N) is 2. The van der Waals surface area contributed by atoms with Crippen LogP contribution < -0.4 is 26.8 Å². The topological polar surface area (TPSA) is 249 Å². The van der Waals surface area contributed by atoms with Gasteiger partial charge in [0.2, 0.25) is 23.7 Å². The number of anilines is 2. The number of nitrogens with zero attached hydrogens (tertiary/aromatic N) is 7. The molecular formula is C35H39N11O7. The standard InChI is InChI=1S/C35H39N11O7/c1-4-46-26(14-19(2)43-46)33(51)42-35-40-25-16-22(30(37)49)18-38-31(25)45(35)10-6-5-9-44-28-24(15-21(29(36)48)17-27(28)53-12-7-11-47)39-34(44)41-32(50)23-8-13-52-20(23)3/h5-6,8,14-18,20,47H,4,7,9-13H2,1-3H3,(H2,36,48)(H2,37,49)(H,39,41,50)(H,40,42,51)/b6-5+. The lowest BCUT2D eigenvalue weighted by Crippen LogP contribution is -2.22. The summed E-state index contributed by atoms with van der Waals surface area (Å²) in [6.07, 6.45) is 6.57. The number of ether oxygens (including phenoxy) is 2. The normalized spacial score (nSPS) is 14.3. The molecule has 4 aromatic heterocycles. The van der Waals surface area contributed by atoms with Crippen LogP contribution in [0.25, 0.3) is 22.2 Å². The van der Waals surface area contributed by atoms with Gasteiger partial charge in [-0.25, -0.2) is 15.0 Å². The lowest BCUT2D eigenvalue weighted by molar-refractivity contribution is -0.113. The fraction of sp³-hybridized carbons (Fsp3) is 0.314. The van der Waals surface area contributed by atoms with Gasteiger partial charge < -0.3 is 30.6 Å². The molecule has 4 amide bonds. The molecule has 0 radical (unpaired) electrons. The molecule has 1 atom stereocenters. The zero-order chi connectivity index (χ0) is 37.8. The number of benzene rings is 1. The average molecular weight is 726 g/mol. The second-order valence-electron chi connectivity index (χ2n) is 12.2. The molecule has 0 saturated carbocycles. The largest absolute Gasteiger partial charge is 0.491 e. The lowest BCUT2D eigenvalue weighted by Gasteiger charge is -2.13. The van der Waals surface area contributed by atoms with E-state index in [2.05, 4.69) is 30.7 Å². The van der Waals surface area contributed by atoms with E-state index in [1.165, 1.54) is 24.4 Å². The van der Waals surface area contributed by atoms with Crippen LogP contribution in [0.2, 0.25) is 0 Å². The molecule has 1 aromatic carbocycles. The fourth-order valence-electron chi connectivity index (χ4n) is 5.90. The number of aryl methyl sites for hydroxylation is 2. The molecule has 0 saturated heterocycles. The molecule has 1 unspecified atom stereocenters. The van der Waals surface area contributed by atoms with E-state index in [1.54, 1.807) is 45.9 Å². The first kappa shape index (κ1) is 36.4. The number of allylic oxidation sites excluding steroid dienone is 2. The number of imidazole rings is 2. The first-order valence-electron chi connectivity index (χ1n) is 16.9. The van der Waals surface area contributed by atoms with E-state index in [4.69, 9.17) is 20.9 Å². The van der Waals surface area contributed by atoms with Crippen LogP contribution in [0.15, 0.2) is 54.3 Å². The minimum Gasteiger partial charge on any atom is -0.491 e. The zero-order valence-corrected chi connectivity index (χ0v) is 29.3. The number of aliphatic hydroxyl groups is 1. The van der Waals surface area contributed by atoms with Crippen molar-refractivity contribution in [2.24, 2.45) is 11.5 Å². The second-order valence-corrected chi connectivity index (χ2v) is 12.2. The van der Waals surface area contributed by atoms with Gasteiger partial charge in [-0.05, 0) is 51.1 Å². The molecule has 0 bridgehead atoms. The Kier molecular flexibility index (Phi) is 10.6. The quantitative estimate of drug-likeness (QED) is 0.0772. The van der Waals surface area contributed by atoms with Gasteiger partial charge in [-0.3, -0.25) is 39.1 Å². The van der Waals surface area contributed by atoms with E-state index in [-0.39, 0.29) is 55.1 Å². The van der Waals surface area contributed by atoms with Crippen LogP contribution in [-0.4, -0.2) is 88.5 Å². The maximum absolute atomic E-state index is 13.4. The number of carbonyl (C=O) groups is 4. The number of aromatic nitrogens is 7. The van der Waals surface area contributed by atoms with Crippen molar-refractivity contribution < 1.29 is 33.8 Å². The predicted molar refractivity (Wildman–Crippen MR) is 193 cm³/mol. The summed E-state index contributed by atoms with van der Waals surface area (Å²) < 4.78 is 16.5. The molecular weight excluding hydrogens is 686 g/mol. The van der Waals surface area contributed by atoms with Crippen LogP contribution in [0.3, 0.4) is 0 Å². The highest BCUT2D eigenvalue weighted by molar-refractivity contribution is 6.06. The number of aliphatic hydroxyl groups excluding tert-OH is 1. The van der Waals surface area contributed by atoms with Gasteiger partial charge in [0.05, 0.1) is 36.1 Å². The van der Waals surface area contributed by atoms with Crippen LogP contribution in [-0.2, 0) is 29.2 Å². The van der Waals surface area contributed by atoms with Crippen LogP contribution in [0.5, 0.6) is 5.75 Å². The van der Waals surface area contributed by atoms with E-state index in [0.717, 1.165) is 0 Å². The van der Waals surface area contributed by atoms with E-state index in [9.17, 15) is 24.3 Å². The molecule has 0 aliphatic carbocycles. The van der Waals surface area contributed by atoms with Gasteiger partial charge in [0.1, 0.15) is 22.5 Å². The molecule has 0 fully saturated rings. The van der Waals surface area contributed by atoms with Gasteiger partial charge in [0, 0.05) is 50.0 Å². The van der Waals surface area contributed by atoms with Gasteiger partial charge in [-0.2, -0.15) is 5.10 Å². The van der Waals surface area contributed by atoms with Crippen molar-refractivity contribution in [1.29, 1.82) is 0 Å². The smallest absolute Gasteiger partial charge is 0.276 e. The van der Waals surface area contributed by atoms with Crippen molar-refractivity contribution in [3.8, 4) is 5.75 Å². The van der Waals surface area contributed by atoms with E-state index >= 15 is 0 Å². The summed E-state index contributed by atoms with van der Waals surface area (Å²) in [5.41, 5.74) is 14.4. The first-order chi connectivity index (χ1) is 25.5. The Balaban J connectivity index is 1.36. The van der Waals surface area contributed by atoms with Crippen LogP contribution >= 0.6 is 0 Å². The molecule has 18 nitrogen and oxygen atoms in total. The Morgan fingerprint density at radius 1 is 0.981 bits per heavy atom. The fourth-order valence-corrected chi connectivity index (χ4v) is 5.90. The Hall–Kier alpha value is -6.40. The van der Waals surface area contributed by atoms with Crippen molar-refractivity contribution >= 4 is 57.7 Å². The first-order valence-corrected chi connectivity index (χ1v) is 16.9. The molecule has 1 aliphatic rings. The lowest BCUT2D eigenvalue weighted by atomic mass is 10.1. The summed E-state index contributed by atoms with van der Waals surface area (Å²) in [6.45, 7) is 6.59. The highest BCUT2D eigenvalue weighted by Gasteiger charge is 2.25. The van der Waals surface area contributed by atoms with Crippen LogP contribution in [0.1, 0.15) is 57.2 Å². The van der Waals surface area contributed by atoms with Gasteiger partial charge >= 0.3 is 0 Å². The molecule has 5 aromatic rings. The Morgan fingerprint density at radius 2 is 1.66 bits per heavy atom. The van der Waals surface area contributed by atoms with Gasteiger partial charge in [-0.15, -0.1) is 0 Å². The third-order valence-electron chi connectivity index (χ3n) is 8.50. The number of amides is 4. The molecule has 276 valence electrons. The highest BCUT2D eigenvalue weighted by Crippen LogP contribution is 2.32. The van der Waals surface area contributed by atoms with Crippen molar-refractivity contribution in [2.75, 3.05) is 30.5 Å². The summed E-state index contributed by atoms with van der Waals surface area (Å²) in [5.74, 6) is -1.58. The monoisotopic (exact) mass is 725 g/mol. The third kappa shape index (κ3) is 7.63. The summed E-state index contributed by atoms with van der Waals surface area (Å²) in [6, 6.07) is 6.18. The summed E-state index contributed by atoms with van der Waals surface area (Å²) in [7, 11) is 0. The predicted octanol–water partition coefficient (Wildman–Crippen LogP) is 2.06. The van der Waals surface area contributed by atoms with Crippen molar-refractivity contribution in [3.05, 3.63) is 76.8 Å². The molecule has 0 spiro atoms. The average Bonchev–Trinajstić information content (AvgIpc) is 3.90. The summed E-state index contributed by atoms with van der Waals surface area (Å²) in [4.78, 5) is 64.4. The maximum Gasteiger partial charge on any atom is 0.276 e. The highest BCUT2D eigenvalue weighted by atomic mass is 16.5. The number of pyridine rings is 1. The molecule has 1 aliphatic heterocycles. The van der Waals surface area contributed by atoms with Crippen molar-refractivity contribution in [2.45, 2.75) is 52.9 Å². The van der Waals surface area contributed by atoms with E-state index in [1.807, 2.05) is 13.0 Å². The molecule has 18 heteroatoms. The number of primary amides is 2. The third-order valence-corrected chi connectivity index (χ3v) is 8.50. The van der Waals surface area contributed by atoms with E-state index in [0.29, 0.717) is 58.7 Å². The maximum atomic E-state index is 13.4. The van der Waals surface area contributed by atoms with Gasteiger partial charge in [0.15, 0.2) is 5.65 Å². The Labute approximate surface area is 302 Å². The SMILES string of the molecule is CCn1nc(C)cc1C(=O)Nc1nc2cc(C(N)=O)cnc2n1C/C=C/Cn1c(NC(=O)C2=CCOC2C)nc2cc(C(N)=O)cc(OCCCO)c21. The van der Waals surface area contributed by atoms with Gasteiger partial charge in [-0.1, -0.05) is 12.2 Å². The second kappa shape index (κ2) is 15.5. The number of hydrogen-bond acceptors (Lipinski definition) is 11. The number of fused-ring (bicyclic) bond motifs is 2. The minimum atomic E-state index is -0.692. The summed E-state index contributed by atoms with van der Waals surface area (Å²) >= 11 is 0. The molecule has 5 heterocycles. The molecule has 53 heavy (non-hydrogen) atoms. The molecule has 7 N–H and O–H groups in total. The van der Waals surface area contributed by atoms with Gasteiger partial charge in [0.25, 0.3) is 11.8 Å². The van der Waals surface area contributed by atoms with Crippen LogP contribution in [0.4, 0.5) is 11.9 Å². The summed E-state index contributed by atoms with van der Waals surface area (Å²) in [5, 5.41) is 19.4. The Morgan fingerprint density at radius 3 is 2.34 bits per heavy atom. The van der Waals surface area contributed by atoms with Crippen molar-refractivity contribution in [1.82, 2.24) is 33.9 Å². The zero-order valence-electron chi connectivity index (χ0n) is 29.3. The molecule has 6 rings (SSSR count). The number of nitrogens with two attached hydrogens (primary N) is 2.